The molecule has 10 nitrogen and oxygen atoms in total. The average Bonchev–Trinajstić information content (AvgIpc) is 2.86. The van der Waals surface area contributed by atoms with Crippen molar-refractivity contribution in [2.75, 3.05) is 27.7 Å². The Morgan fingerprint density at radius 3 is 2.29 bits per heavy atom. The van der Waals surface area contributed by atoms with Crippen LogP contribution >= 0.6 is 0 Å². The van der Waals surface area contributed by atoms with Gasteiger partial charge in [-0.05, 0) is 30.5 Å². The van der Waals surface area contributed by atoms with Crippen molar-refractivity contribution in [2.45, 2.75) is 63.2 Å². The van der Waals surface area contributed by atoms with Gasteiger partial charge in [0.15, 0.2) is 0 Å². The molecule has 1 heterocycles. The second-order valence-corrected chi connectivity index (χ2v) is 8.78. The highest BCUT2D eigenvalue weighted by atomic mass is 16.5. The number of benzene rings is 1. The summed E-state index contributed by atoms with van der Waals surface area (Å²) in [4.78, 5) is 54.9. The van der Waals surface area contributed by atoms with Crippen LogP contribution in [0.5, 0.6) is 5.75 Å². The summed E-state index contributed by atoms with van der Waals surface area (Å²) in [5.41, 5.74) is 0.851. The lowest BCUT2D eigenvalue weighted by molar-refractivity contribution is -0.149. The van der Waals surface area contributed by atoms with Gasteiger partial charge in [0.05, 0.1) is 20.1 Å². The first-order chi connectivity index (χ1) is 16.4. The predicted octanol–water partition coefficient (Wildman–Crippen LogP) is 1.00. The summed E-state index contributed by atoms with van der Waals surface area (Å²) < 4.78 is 5.19. The minimum atomic E-state index is -1.09. The smallest absolute Gasteiger partial charge is 0.319 e. The van der Waals surface area contributed by atoms with E-state index in [-0.39, 0.29) is 43.3 Å². The quantitative estimate of drug-likeness (QED) is 0.546. The first-order valence-electron chi connectivity index (χ1n) is 11.8. The largest absolute Gasteiger partial charge is 0.497 e. The van der Waals surface area contributed by atoms with E-state index in [1.54, 1.807) is 24.1 Å². The lowest BCUT2D eigenvalue weighted by atomic mass is 9.95. The zero-order chi connectivity index (χ0) is 24.7. The van der Waals surface area contributed by atoms with Crippen molar-refractivity contribution in [3.63, 3.8) is 0 Å². The average molecular weight is 474 g/mol. The first-order valence-corrected chi connectivity index (χ1v) is 11.8. The Morgan fingerprint density at radius 1 is 1.03 bits per heavy atom. The Labute approximate surface area is 200 Å². The number of nitrogens with one attached hydrogen (secondary N) is 3. The number of likely N-dealkylation sites (N-methyl/N-ethyl adjacent to an activating group) is 1. The van der Waals surface area contributed by atoms with Crippen molar-refractivity contribution < 1.29 is 23.9 Å². The van der Waals surface area contributed by atoms with Crippen LogP contribution in [0.3, 0.4) is 0 Å². The molecular weight excluding hydrogens is 438 g/mol. The number of methoxy groups -OCH3 is 1. The molecule has 10 heteroatoms. The Kier molecular flexibility index (Phi) is 8.72. The third kappa shape index (κ3) is 5.98. The maximum absolute atomic E-state index is 13.5. The molecule has 1 aromatic carbocycles. The number of hydrogen-bond donors (Lipinski definition) is 3. The molecule has 3 N–H and O–H groups in total. The summed E-state index contributed by atoms with van der Waals surface area (Å²) >= 11 is 0. The maximum Gasteiger partial charge on any atom is 0.319 e. The number of hydrogen-bond acceptors (Lipinski definition) is 5. The normalized spacial score (nSPS) is 21.1. The summed E-state index contributed by atoms with van der Waals surface area (Å²) in [5.74, 6) is -0.429. The Bertz CT molecular complexity index is 884. The SMILES string of the molecule is CNC(=O)C[C@H]1C(=O)N(Cc2ccc(OC)cc2)C[C@@H](C(=O)NC)N1C(=O)NC1CCCCC1. The number of urea groups is 1. The molecule has 0 radical (unpaired) electrons. The van der Waals surface area contributed by atoms with Crippen LogP contribution in [-0.2, 0) is 20.9 Å². The molecule has 1 saturated carbocycles. The summed E-state index contributed by atoms with van der Waals surface area (Å²) in [6, 6.07) is 4.80. The zero-order valence-electron chi connectivity index (χ0n) is 20.1. The molecule has 0 unspecified atom stereocenters. The molecule has 2 aliphatic rings. The highest BCUT2D eigenvalue weighted by Crippen LogP contribution is 2.25. The molecule has 34 heavy (non-hydrogen) atoms. The van der Waals surface area contributed by atoms with Gasteiger partial charge in [0.25, 0.3) is 0 Å². The minimum absolute atomic E-state index is 0.000305. The molecule has 0 aromatic heterocycles. The Balaban J connectivity index is 1.88. The van der Waals surface area contributed by atoms with Crippen LogP contribution in [0.2, 0.25) is 0 Å². The highest BCUT2D eigenvalue weighted by molar-refractivity contribution is 5.97. The molecule has 3 rings (SSSR count). The van der Waals surface area contributed by atoms with E-state index in [1.165, 1.54) is 19.0 Å². The van der Waals surface area contributed by atoms with Crippen LogP contribution in [0, 0.1) is 0 Å². The lowest BCUT2D eigenvalue weighted by Crippen LogP contribution is -2.69. The zero-order valence-corrected chi connectivity index (χ0v) is 20.1. The second-order valence-electron chi connectivity index (χ2n) is 8.78. The molecule has 0 spiro atoms. The van der Waals surface area contributed by atoms with Crippen molar-refractivity contribution in [2.24, 2.45) is 0 Å². The van der Waals surface area contributed by atoms with E-state index in [2.05, 4.69) is 16.0 Å². The van der Waals surface area contributed by atoms with E-state index in [4.69, 9.17) is 4.74 Å². The summed E-state index contributed by atoms with van der Waals surface area (Å²) in [7, 11) is 4.55. The standard InChI is InChI=1S/C24H35N5O5/c1-25-21(30)13-19-23(32)28(14-16-9-11-18(34-3)12-10-16)15-20(22(31)26-2)29(19)24(33)27-17-7-5-4-6-8-17/h9-12,17,19-20H,4-8,13-15H2,1-3H3,(H,25,30)(H,26,31)(H,27,33)/t19-,20-/m0/s1. The summed E-state index contributed by atoms with van der Waals surface area (Å²) in [5, 5.41) is 8.14. The topological polar surface area (TPSA) is 120 Å². The number of carbonyl (C=O) groups is 4. The van der Waals surface area contributed by atoms with Crippen molar-refractivity contribution in [1.82, 2.24) is 25.8 Å². The molecule has 1 aliphatic carbocycles. The predicted molar refractivity (Wildman–Crippen MR) is 126 cm³/mol. The summed E-state index contributed by atoms with van der Waals surface area (Å²) in [6.07, 6.45) is 4.69. The minimum Gasteiger partial charge on any atom is -0.497 e. The van der Waals surface area contributed by atoms with Crippen LogP contribution in [0.15, 0.2) is 24.3 Å². The fourth-order valence-corrected chi connectivity index (χ4v) is 4.65. The van der Waals surface area contributed by atoms with Crippen LogP contribution in [0.25, 0.3) is 0 Å². The number of ether oxygens (including phenoxy) is 1. The van der Waals surface area contributed by atoms with Gasteiger partial charge in [0.2, 0.25) is 17.7 Å². The summed E-state index contributed by atoms with van der Waals surface area (Å²) in [6.45, 7) is 0.283. The van der Waals surface area contributed by atoms with E-state index in [0.717, 1.165) is 37.7 Å². The van der Waals surface area contributed by atoms with Crippen LogP contribution < -0.4 is 20.7 Å². The molecule has 1 saturated heterocycles. The number of carbonyl (C=O) groups excluding carboxylic acids is 4. The van der Waals surface area contributed by atoms with Gasteiger partial charge in [-0.1, -0.05) is 31.4 Å². The molecule has 186 valence electrons. The fraction of sp³-hybridized carbons (Fsp3) is 0.583. The van der Waals surface area contributed by atoms with Crippen LogP contribution in [0.1, 0.15) is 44.1 Å². The van der Waals surface area contributed by atoms with Crippen molar-refractivity contribution >= 4 is 23.8 Å². The molecule has 0 bridgehead atoms. The molecule has 1 aromatic rings. The van der Waals surface area contributed by atoms with Gasteiger partial charge in [-0.15, -0.1) is 0 Å². The van der Waals surface area contributed by atoms with Gasteiger partial charge in [-0.2, -0.15) is 0 Å². The number of amides is 5. The maximum atomic E-state index is 13.5. The molecule has 1 aliphatic heterocycles. The number of rotatable bonds is 7. The van der Waals surface area contributed by atoms with Gasteiger partial charge in [-0.25, -0.2) is 4.79 Å². The van der Waals surface area contributed by atoms with Crippen molar-refractivity contribution in [1.29, 1.82) is 0 Å². The molecule has 2 fully saturated rings. The van der Waals surface area contributed by atoms with E-state index in [0.29, 0.717) is 5.75 Å². The molecule has 5 amide bonds. The van der Waals surface area contributed by atoms with E-state index in [9.17, 15) is 19.2 Å². The van der Waals surface area contributed by atoms with Gasteiger partial charge in [0.1, 0.15) is 17.8 Å². The third-order valence-corrected chi connectivity index (χ3v) is 6.57. The van der Waals surface area contributed by atoms with Crippen molar-refractivity contribution in [3.05, 3.63) is 29.8 Å². The molecular formula is C24H35N5O5. The van der Waals surface area contributed by atoms with Gasteiger partial charge in [0, 0.05) is 26.7 Å². The van der Waals surface area contributed by atoms with Gasteiger partial charge < -0.3 is 25.6 Å². The Hall–Kier alpha value is -3.30. The van der Waals surface area contributed by atoms with Crippen LogP contribution in [0.4, 0.5) is 4.79 Å². The Morgan fingerprint density at radius 2 is 1.71 bits per heavy atom. The first kappa shape index (κ1) is 25.3. The monoisotopic (exact) mass is 473 g/mol. The van der Waals surface area contributed by atoms with Gasteiger partial charge in [-0.3, -0.25) is 19.3 Å². The van der Waals surface area contributed by atoms with E-state index in [1.807, 2.05) is 12.1 Å². The van der Waals surface area contributed by atoms with Gasteiger partial charge >= 0.3 is 6.03 Å². The molecule has 2 atom stereocenters. The highest BCUT2D eigenvalue weighted by Gasteiger charge is 2.47. The number of piperazine rings is 1. The fourth-order valence-electron chi connectivity index (χ4n) is 4.65. The lowest BCUT2D eigenvalue weighted by Gasteiger charge is -2.45. The van der Waals surface area contributed by atoms with Crippen LogP contribution in [-0.4, -0.2) is 79.4 Å². The van der Waals surface area contributed by atoms with E-state index < -0.39 is 18.1 Å². The van der Waals surface area contributed by atoms with E-state index >= 15 is 0 Å². The van der Waals surface area contributed by atoms with Crippen molar-refractivity contribution in [3.8, 4) is 5.75 Å². The third-order valence-electron chi connectivity index (χ3n) is 6.57. The number of nitrogens with zero attached hydrogens (tertiary/aromatic N) is 2. The second kappa shape index (κ2) is 11.7.